The fourth-order valence-corrected chi connectivity index (χ4v) is 2.44. The zero-order valence-corrected chi connectivity index (χ0v) is 14.4. The maximum absolute atomic E-state index is 12.1. The maximum Gasteiger partial charge on any atom is 0.322 e. The lowest BCUT2D eigenvalue weighted by Crippen LogP contribution is -2.33. The predicted octanol–water partition coefficient (Wildman–Crippen LogP) is 2.17. The topological polar surface area (TPSA) is 74.3 Å². The Hall–Kier alpha value is -1.82. The van der Waals surface area contributed by atoms with E-state index in [0.29, 0.717) is 17.0 Å². The van der Waals surface area contributed by atoms with Crippen LogP contribution in [0.3, 0.4) is 0 Å². The summed E-state index contributed by atoms with van der Waals surface area (Å²) in [6, 6.07) is 8.23. The second-order valence-electron chi connectivity index (χ2n) is 5.02. The minimum absolute atomic E-state index is 0. The van der Waals surface area contributed by atoms with Crippen LogP contribution in [0.5, 0.6) is 0 Å². The number of aromatic nitrogens is 1. The van der Waals surface area contributed by atoms with Crippen LogP contribution in [0.15, 0.2) is 41.3 Å². The highest BCUT2D eigenvalue weighted by atomic mass is 35.5. The van der Waals surface area contributed by atoms with Crippen LogP contribution >= 0.6 is 24.0 Å². The quantitative estimate of drug-likeness (QED) is 0.851. The summed E-state index contributed by atoms with van der Waals surface area (Å²) < 4.78 is 6.04. The molecule has 0 amide bonds. The highest BCUT2D eigenvalue weighted by Crippen LogP contribution is 2.20. The number of esters is 1. The Balaban J connectivity index is 0.00000264. The molecule has 1 heterocycles. The second kappa shape index (κ2) is 8.15. The molecule has 1 aromatic heterocycles. The molecule has 0 spiro atoms. The number of benzene rings is 1. The molecule has 2 rings (SSSR count). The number of carbonyl (C=O) groups is 1. The molecular weight excluding hydrogens is 339 g/mol. The summed E-state index contributed by atoms with van der Waals surface area (Å²) in [6.45, 7) is 0. The number of halogens is 2. The van der Waals surface area contributed by atoms with Gasteiger partial charge in [-0.15, -0.1) is 12.4 Å². The van der Waals surface area contributed by atoms with E-state index in [-0.39, 0.29) is 18.0 Å². The van der Waals surface area contributed by atoms with E-state index in [4.69, 9.17) is 17.3 Å². The highest BCUT2D eigenvalue weighted by molar-refractivity contribution is 6.30. The molecule has 2 aromatic rings. The SMILES string of the molecule is COC(=O)[C@@H](N)Cc1ccc(-c2cc(Cl)cn(C)c2=O)cc1.Cl. The molecule has 1 aromatic carbocycles. The van der Waals surface area contributed by atoms with E-state index in [1.165, 1.54) is 11.7 Å². The van der Waals surface area contributed by atoms with Crippen LogP contribution in [0.2, 0.25) is 5.02 Å². The van der Waals surface area contributed by atoms with Crippen molar-refractivity contribution in [3.8, 4) is 11.1 Å². The summed E-state index contributed by atoms with van der Waals surface area (Å²) >= 11 is 6.00. The van der Waals surface area contributed by atoms with Crippen molar-refractivity contribution in [1.82, 2.24) is 4.57 Å². The van der Waals surface area contributed by atoms with Crippen LogP contribution in [0.4, 0.5) is 0 Å². The van der Waals surface area contributed by atoms with E-state index in [1.807, 2.05) is 24.3 Å². The van der Waals surface area contributed by atoms with Gasteiger partial charge in [0, 0.05) is 18.8 Å². The molecule has 7 heteroatoms. The smallest absolute Gasteiger partial charge is 0.322 e. The summed E-state index contributed by atoms with van der Waals surface area (Å²) in [5.41, 5.74) is 7.78. The highest BCUT2D eigenvalue weighted by Gasteiger charge is 2.14. The lowest BCUT2D eigenvalue weighted by Gasteiger charge is -2.10. The Kier molecular flexibility index (Phi) is 6.81. The van der Waals surface area contributed by atoms with E-state index in [2.05, 4.69) is 4.74 Å². The Morgan fingerprint density at radius 2 is 1.96 bits per heavy atom. The number of hydrogen-bond acceptors (Lipinski definition) is 4. The van der Waals surface area contributed by atoms with Gasteiger partial charge in [0.2, 0.25) is 0 Å². The number of carbonyl (C=O) groups excluding carboxylic acids is 1. The number of nitrogens with two attached hydrogens (primary N) is 1. The first-order chi connectivity index (χ1) is 10.4. The number of hydrogen-bond donors (Lipinski definition) is 1. The van der Waals surface area contributed by atoms with Gasteiger partial charge in [0.1, 0.15) is 6.04 Å². The molecule has 0 aliphatic carbocycles. The fourth-order valence-electron chi connectivity index (χ4n) is 2.19. The van der Waals surface area contributed by atoms with Crippen LogP contribution < -0.4 is 11.3 Å². The number of pyridine rings is 1. The summed E-state index contributed by atoms with van der Waals surface area (Å²) in [5.74, 6) is -0.451. The van der Waals surface area contributed by atoms with Crippen LogP contribution in [0, 0.1) is 0 Å². The lowest BCUT2D eigenvalue weighted by molar-refractivity contribution is -0.142. The van der Waals surface area contributed by atoms with Crippen molar-refractivity contribution < 1.29 is 9.53 Å². The van der Waals surface area contributed by atoms with Crippen LogP contribution in [-0.2, 0) is 23.0 Å². The molecule has 0 unspecified atom stereocenters. The molecule has 0 saturated carbocycles. The normalized spacial score (nSPS) is 11.5. The Labute approximate surface area is 145 Å². The van der Waals surface area contributed by atoms with Gasteiger partial charge in [-0.1, -0.05) is 35.9 Å². The predicted molar refractivity (Wildman–Crippen MR) is 93.1 cm³/mol. The minimum Gasteiger partial charge on any atom is -0.468 e. The van der Waals surface area contributed by atoms with Gasteiger partial charge in [0.25, 0.3) is 5.56 Å². The number of ether oxygens (including phenoxy) is 1. The first-order valence-electron chi connectivity index (χ1n) is 6.71. The molecule has 124 valence electrons. The molecule has 0 aliphatic rings. The molecule has 23 heavy (non-hydrogen) atoms. The van der Waals surface area contributed by atoms with Crippen molar-refractivity contribution in [1.29, 1.82) is 0 Å². The zero-order chi connectivity index (χ0) is 16.3. The number of nitrogens with zero attached hydrogens (tertiary/aromatic N) is 1. The van der Waals surface area contributed by atoms with E-state index >= 15 is 0 Å². The maximum atomic E-state index is 12.1. The largest absolute Gasteiger partial charge is 0.468 e. The van der Waals surface area contributed by atoms with Gasteiger partial charge in [-0.2, -0.15) is 0 Å². The first kappa shape index (κ1) is 19.2. The van der Waals surface area contributed by atoms with E-state index in [0.717, 1.165) is 11.1 Å². The molecule has 1 atom stereocenters. The number of aryl methyl sites for hydroxylation is 1. The lowest BCUT2D eigenvalue weighted by atomic mass is 10.0. The van der Waals surface area contributed by atoms with Gasteiger partial charge >= 0.3 is 5.97 Å². The zero-order valence-electron chi connectivity index (χ0n) is 12.8. The fraction of sp³-hybridized carbons (Fsp3) is 0.250. The van der Waals surface area contributed by atoms with Crippen molar-refractivity contribution >= 4 is 30.0 Å². The van der Waals surface area contributed by atoms with Crippen molar-refractivity contribution in [2.24, 2.45) is 12.8 Å². The van der Waals surface area contributed by atoms with Crippen molar-refractivity contribution in [2.45, 2.75) is 12.5 Å². The first-order valence-corrected chi connectivity index (χ1v) is 7.09. The molecule has 0 radical (unpaired) electrons. The third-order valence-corrected chi connectivity index (χ3v) is 3.58. The Bertz CT molecular complexity index is 742. The van der Waals surface area contributed by atoms with Gasteiger partial charge in [-0.25, -0.2) is 0 Å². The monoisotopic (exact) mass is 356 g/mol. The molecule has 0 aliphatic heterocycles. The van der Waals surface area contributed by atoms with Crippen LogP contribution in [-0.4, -0.2) is 23.7 Å². The van der Waals surface area contributed by atoms with Crippen LogP contribution in [0.1, 0.15) is 5.56 Å². The summed E-state index contributed by atoms with van der Waals surface area (Å²) in [5, 5.41) is 0.494. The standard InChI is InChI=1S/C16H17ClN2O3.ClH/c1-19-9-12(17)8-13(15(19)20)11-5-3-10(4-6-11)7-14(18)16(21)22-2;/h3-6,8-9,14H,7,18H2,1-2H3;1H/t14-;/m0./s1. The molecule has 2 N–H and O–H groups in total. The van der Waals surface area contributed by atoms with Crippen LogP contribution in [0.25, 0.3) is 11.1 Å². The number of rotatable bonds is 4. The summed E-state index contributed by atoms with van der Waals surface area (Å²) in [7, 11) is 2.96. The Morgan fingerprint density at radius 1 is 1.35 bits per heavy atom. The van der Waals surface area contributed by atoms with Crippen molar-refractivity contribution in [3.05, 3.63) is 57.5 Å². The Morgan fingerprint density at radius 3 is 2.52 bits per heavy atom. The van der Waals surface area contributed by atoms with E-state index in [1.54, 1.807) is 19.3 Å². The van der Waals surface area contributed by atoms with Gasteiger partial charge in [0.05, 0.1) is 12.1 Å². The van der Waals surface area contributed by atoms with Gasteiger partial charge in [-0.05, 0) is 23.6 Å². The van der Waals surface area contributed by atoms with Crippen molar-refractivity contribution in [2.75, 3.05) is 7.11 Å². The summed E-state index contributed by atoms with van der Waals surface area (Å²) in [6.07, 6.45) is 1.94. The average Bonchev–Trinajstić information content (AvgIpc) is 2.50. The molecular formula is C16H18Cl2N2O3. The molecule has 5 nitrogen and oxygen atoms in total. The third-order valence-electron chi connectivity index (χ3n) is 3.37. The summed E-state index contributed by atoms with van der Waals surface area (Å²) in [4.78, 5) is 23.5. The molecule has 0 fully saturated rings. The van der Waals surface area contributed by atoms with Gasteiger partial charge in [0.15, 0.2) is 0 Å². The van der Waals surface area contributed by atoms with E-state index < -0.39 is 12.0 Å². The average molecular weight is 357 g/mol. The van der Waals surface area contributed by atoms with E-state index in [9.17, 15) is 9.59 Å². The molecule has 0 saturated heterocycles. The van der Waals surface area contributed by atoms with Crippen molar-refractivity contribution in [3.63, 3.8) is 0 Å². The number of methoxy groups -OCH3 is 1. The third kappa shape index (κ3) is 4.58. The van der Waals surface area contributed by atoms with Gasteiger partial charge in [-0.3, -0.25) is 9.59 Å². The van der Waals surface area contributed by atoms with Gasteiger partial charge < -0.3 is 15.0 Å². The molecule has 0 bridgehead atoms. The second-order valence-corrected chi connectivity index (χ2v) is 5.46. The minimum atomic E-state index is -0.699.